The van der Waals surface area contributed by atoms with Crippen LogP contribution < -0.4 is 11.1 Å². The molecule has 3 N–H and O–H groups in total. The molecule has 0 fully saturated rings. The number of carbonyl (C=O) groups is 1. The Labute approximate surface area is 101 Å². The number of rotatable bonds is 4. The molecule has 2 atom stereocenters. The predicted octanol–water partition coefficient (Wildman–Crippen LogP) is 1.28. The van der Waals surface area contributed by atoms with Gasteiger partial charge in [0.1, 0.15) is 5.54 Å². The molecule has 0 bridgehead atoms. The van der Waals surface area contributed by atoms with Crippen LogP contribution in [0.1, 0.15) is 25.8 Å². The highest BCUT2D eigenvalue weighted by molar-refractivity contribution is 5.87. The number of nitrogens with one attached hydrogen (secondary N) is 1. The molecule has 0 aliphatic heterocycles. The van der Waals surface area contributed by atoms with E-state index in [1.165, 1.54) is 0 Å². The Bertz CT molecular complexity index is 420. The number of nitrogens with zero attached hydrogens (tertiary/aromatic N) is 1. The standard InChI is InChI=1S/C13H17N3O/c1-10(8-9-14)16-12(17)13(2,15)11-6-4-3-5-7-11/h3-7,10H,8,15H2,1-2H3,(H,16,17). The van der Waals surface area contributed by atoms with Crippen LogP contribution in [-0.2, 0) is 10.3 Å². The second kappa shape index (κ2) is 5.46. The van der Waals surface area contributed by atoms with E-state index in [9.17, 15) is 4.79 Å². The van der Waals surface area contributed by atoms with E-state index in [0.717, 1.165) is 5.56 Å². The summed E-state index contributed by atoms with van der Waals surface area (Å²) >= 11 is 0. The van der Waals surface area contributed by atoms with E-state index in [1.807, 2.05) is 36.4 Å². The third kappa shape index (κ3) is 3.30. The topological polar surface area (TPSA) is 78.9 Å². The van der Waals surface area contributed by atoms with E-state index in [0.29, 0.717) is 0 Å². The van der Waals surface area contributed by atoms with Crippen LogP contribution in [0.25, 0.3) is 0 Å². The minimum atomic E-state index is -1.08. The molecular formula is C13H17N3O. The van der Waals surface area contributed by atoms with Crippen molar-refractivity contribution >= 4 is 5.91 Å². The molecule has 0 saturated heterocycles. The quantitative estimate of drug-likeness (QED) is 0.819. The van der Waals surface area contributed by atoms with Crippen LogP contribution in [0.15, 0.2) is 30.3 Å². The lowest BCUT2D eigenvalue weighted by atomic mass is 9.92. The van der Waals surface area contributed by atoms with Crippen LogP contribution >= 0.6 is 0 Å². The number of amides is 1. The lowest BCUT2D eigenvalue weighted by Crippen LogP contribution is -2.51. The smallest absolute Gasteiger partial charge is 0.244 e. The van der Waals surface area contributed by atoms with Crippen LogP contribution in [0, 0.1) is 11.3 Å². The van der Waals surface area contributed by atoms with Crippen LogP contribution in [0.5, 0.6) is 0 Å². The fourth-order valence-corrected chi connectivity index (χ4v) is 1.48. The molecule has 0 spiro atoms. The second-order valence-electron chi connectivity index (χ2n) is 4.31. The SMILES string of the molecule is CC(CC#N)NC(=O)C(C)(N)c1ccccc1. The molecule has 4 heteroatoms. The first kappa shape index (κ1) is 13.2. The normalized spacial score (nSPS) is 15.4. The lowest BCUT2D eigenvalue weighted by molar-refractivity contribution is -0.126. The zero-order valence-corrected chi connectivity index (χ0v) is 10.1. The maximum atomic E-state index is 12.0. The Morgan fingerprint density at radius 3 is 2.65 bits per heavy atom. The van der Waals surface area contributed by atoms with E-state index >= 15 is 0 Å². The number of nitrogens with two attached hydrogens (primary N) is 1. The Hall–Kier alpha value is -1.86. The van der Waals surface area contributed by atoms with Crippen molar-refractivity contribution in [2.45, 2.75) is 31.8 Å². The molecule has 0 aromatic heterocycles. The molecular weight excluding hydrogens is 214 g/mol. The van der Waals surface area contributed by atoms with Crippen molar-refractivity contribution in [2.75, 3.05) is 0 Å². The number of benzene rings is 1. The third-order valence-corrected chi connectivity index (χ3v) is 2.62. The Morgan fingerprint density at radius 1 is 1.53 bits per heavy atom. The van der Waals surface area contributed by atoms with Crippen molar-refractivity contribution in [3.63, 3.8) is 0 Å². The fourth-order valence-electron chi connectivity index (χ4n) is 1.48. The zero-order valence-electron chi connectivity index (χ0n) is 10.1. The van der Waals surface area contributed by atoms with Gasteiger partial charge in [-0.3, -0.25) is 4.79 Å². The first-order valence-corrected chi connectivity index (χ1v) is 5.50. The van der Waals surface area contributed by atoms with Gasteiger partial charge >= 0.3 is 0 Å². The molecule has 1 aromatic carbocycles. The van der Waals surface area contributed by atoms with Gasteiger partial charge in [0, 0.05) is 6.04 Å². The molecule has 0 radical (unpaired) electrons. The van der Waals surface area contributed by atoms with E-state index in [1.54, 1.807) is 13.8 Å². The summed E-state index contributed by atoms with van der Waals surface area (Å²) in [4.78, 5) is 12.0. The Kier molecular flexibility index (Phi) is 4.24. The highest BCUT2D eigenvalue weighted by Crippen LogP contribution is 2.17. The van der Waals surface area contributed by atoms with Crippen LogP contribution in [0.2, 0.25) is 0 Å². The first-order chi connectivity index (χ1) is 7.98. The Balaban J connectivity index is 2.78. The molecule has 4 nitrogen and oxygen atoms in total. The summed E-state index contributed by atoms with van der Waals surface area (Å²) in [6.45, 7) is 3.44. The van der Waals surface area contributed by atoms with Crippen molar-refractivity contribution in [3.05, 3.63) is 35.9 Å². The number of hydrogen-bond acceptors (Lipinski definition) is 3. The van der Waals surface area contributed by atoms with E-state index in [2.05, 4.69) is 5.32 Å². The van der Waals surface area contributed by atoms with Gasteiger partial charge in [-0.2, -0.15) is 5.26 Å². The zero-order chi connectivity index (χ0) is 12.9. The van der Waals surface area contributed by atoms with E-state index < -0.39 is 5.54 Å². The number of carbonyl (C=O) groups excluding carboxylic acids is 1. The summed E-state index contributed by atoms with van der Waals surface area (Å²) in [6, 6.07) is 11.0. The van der Waals surface area contributed by atoms with Gasteiger partial charge in [0.05, 0.1) is 12.5 Å². The largest absolute Gasteiger partial charge is 0.351 e. The molecule has 1 amide bonds. The summed E-state index contributed by atoms with van der Waals surface area (Å²) < 4.78 is 0. The van der Waals surface area contributed by atoms with Crippen molar-refractivity contribution in [1.82, 2.24) is 5.32 Å². The van der Waals surface area contributed by atoms with Gasteiger partial charge in [0.2, 0.25) is 5.91 Å². The number of hydrogen-bond donors (Lipinski definition) is 2. The minimum Gasteiger partial charge on any atom is -0.351 e. The third-order valence-electron chi connectivity index (χ3n) is 2.62. The maximum Gasteiger partial charge on any atom is 0.244 e. The fraction of sp³-hybridized carbons (Fsp3) is 0.385. The van der Waals surface area contributed by atoms with Crippen molar-refractivity contribution < 1.29 is 4.79 Å². The molecule has 0 aliphatic rings. The molecule has 1 aromatic rings. The monoisotopic (exact) mass is 231 g/mol. The summed E-state index contributed by atoms with van der Waals surface area (Å²) in [5.41, 5.74) is 5.70. The van der Waals surface area contributed by atoms with Gasteiger partial charge in [0.15, 0.2) is 0 Å². The molecule has 0 heterocycles. The maximum absolute atomic E-state index is 12.0. The molecule has 1 rings (SSSR count). The van der Waals surface area contributed by atoms with E-state index in [-0.39, 0.29) is 18.4 Å². The number of nitriles is 1. The second-order valence-corrected chi connectivity index (χ2v) is 4.31. The summed E-state index contributed by atoms with van der Waals surface area (Å²) in [7, 11) is 0. The van der Waals surface area contributed by atoms with Crippen LogP contribution in [0.3, 0.4) is 0 Å². The van der Waals surface area contributed by atoms with Crippen molar-refractivity contribution in [1.29, 1.82) is 5.26 Å². The van der Waals surface area contributed by atoms with Gasteiger partial charge in [0.25, 0.3) is 0 Å². The first-order valence-electron chi connectivity index (χ1n) is 5.50. The predicted molar refractivity (Wildman–Crippen MR) is 65.8 cm³/mol. The molecule has 90 valence electrons. The minimum absolute atomic E-state index is 0.195. The van der Waals surface area contributed by atoms with E-state index in [4.69, 9.17) is 11.0 Å². The molecule has 17 heavy (non-hydrogen) atoms. The Morgan fingerprint density at radius 2 is 2.12 bits per heavy atom. The van der Waals surface area contributed by atoms with Gasteiger partial charge in [-0.05, 0) is 19.4 Å². The van der Waals surface area contributed by atoms with Gasteiger partial charge < -0.3 is 11.1 Å². The summed E-state index contributed by atoms with van der Waals surface area (Å²) in [5.74, 6) is -0.272. The highest BCUT2D eigenvalue weighted by atomic mass is 16.2. The summed E-state index contributed by atoms with van der Waals surface area (Å²) in [6.07, 6.45) is 0.274. The summed E-state index contributed by atoms with van der Waals surface area (Å²) in [5, 5.41) is 11.3. The van der Waals surface area contributed by atoms with Crippen molar-refractivity contribution in [2.24, 2.45) is 5.73 Å². The van der Waals surface area contributed by atoms with Crippen LogP contribution in [0.4, 0.5) is 0 Å². The van der Waals surface area contributed by atoms with Gasteiger partial charge in [-0.25, -0.2) is 0 Å². The highest BCUT2D eigenvalue weighted by Gasteiger charge is 2.30. The van der Waals surface area contributed by atoms with Gasteiger partial charge in [-0.1, -0.05) is 30.3 Å². The molecule has 0 aliphatic carbocycles. The van der Waals surface area contributed by atoms with Crippen LogP contribution in [-0.4, -0.2) is 11.9 Å². The van der Waals surface area contributed by atoms with Crippen molar-refractivity contribution in [3.8, 4) is 6.07 Å². The average Bonchev–Trinajstić information content (AvgIpc) is 2.30. The lowest BCUT2D eigenvalue weighted by Gasteiger charge is -2.25. The van der Waals surface area contributed by atoms with Gasteiger partial charge in [-0.15, -0.1) is 0 Å². The molecule has 0 saturated carbocycles. The average molecular weight is 231 g/mol. The molecule has 2 unspecified atom stereocenters.